The summed E-state index contributed by atoms with van der Waals surface area (Å²) in [5.41, 5.74) is 19.4. The number of rotatable bonds is 4. The minimum absolute atomic E-state index is 0.0805. The van der Waals surface area contributed by atoms with E-state index in [2.05, 4.69) is 157 Å². The van der Waals surface area contributed by atoms with Crippen LogP contribution in [0.25, 0.3) is 40.1 Å². The third-order valence-electron chi connectivity index (χ3n) is 12.2. The van der Waals surface area contributed by atoms with E-state index in [9.17, 15) is 0 Å². The molecule has 0 radical (unpaired) electrons. The Morgan fingerprint density at radius 3 is 2.04 bits per heavy atom. The molecule has 0 saturated carbocycles. The lowest BCUT2D eigenvalue weighted by atomic mass is 9.81. The van der Waals surface area contributed by atoms with Gasteiger partial charge in [-0.05, 0) is 118 Å². The van der Waals surface area contributed by atoms with E-state index in [1.54, 1.807) is 0 Å². The zero-order chi connectivity index (χ0) is 34.1. The molecule has 2 heteroatoms. The van der Waals surface area contributed by atoms with Crippen molar-refractivity contribution in [2.24, 2.45) is 0 Å². The van der Waals surface area contributed by atoms with Gasteiger partial charge in [-0.2, -0.15) is 0 Å². The third-order valence-corrected chi connectivity index (χ3v) is 12.2. The number of nitrogens with zero attached hydrogens (tertiary/aromatic N) is 2. The highest BCUT2D eigenvalue weighted by Crippen LogP contribution is 2.51. The van der Waals surface area contributed by atoms with Crippen LogP contribution in [0.5, 0.6) is 0 Å². The lowest BCUT2D eigenvalue weighted by Crippen LogP contribution is -2.26. The summed E-state index contributed by atoms with van der Waals surface area (Å²) in [6.07, 6.45) is 16.4. The largest absolute Gasteiger partial charge is 0.341 e. The maximum atomic E-state index is 2.61. The molecule has 6 aromatic rings. The maximum absolute atomic E-state index is 2.61. The molecule has 51 heavy (non-hydrogen) atoms. The van der Waals surface area contributed by atoms with Gasteiger partial charge in [0, 0.05) is 46.5 Å². The lowest BCUT2D eigenvalue weighted by molar-refractivity contribution is 0.659. The highest BCUT2D eigenvalue weighted by atomic mass is 15.1. The van der Waals surface area contributed by atoms with Gasteiger partial charge < -0.3 is 9.80 Å². The van der Waals surface area contributed by atoms with Crippen LogP contribution in [-0.4, -0.2) is 13.1 Å². The first-order valence-electron chi connectivity index (χ1n) is 19.0. The highest BCUT2D eigenvalue weighted by molar-refractivity contribution is 6.07. The number of hydrogen-bond acceptors (Lipinski definition) is 2. The Kier molecular flexibility index (Phi) is 7.10. The van der Waals surface area contributed by atoms with Crippen LogP contribution in [-0.2, 0) is 24.7 Å². The summed E-state index contributed by atoms with van der Waals surface area (Å²) in [6.45, 7) is 6.94. The molecule has 0 aromatic heterocycles. The second-order valence-electron chi connectivity index (χ2n) is 15.4. The van der Waals surface area contributed by atoms with Gasteiger partial charge in [0.1, 0.15) is 0 Å². The fourth-order valence-electron chi connectivity index (χ4n) is 9.64. The van der Waals surface area contributed by atoms with Crippen LogP contribution in [0.4, 0.5) is 22.7 Å². The molecule has 0 unspecified atom stereocenters. The fourth-order valence-corrected chi connectivity index (χ4v) is 9.64. The average Bonchev–Trinajstić information content (AvgIpc) is 3.41. The third kappa shape index (κ3) is 4.83. The smallest absolute Gasteiger partial charge is 0.0567 e. The fraction of sp³-hybridized carbons (Fsp3) is 0.224. The van der Waals surface area contributed by atoms with Crippen molar-refractivity contribution in [3.8, 4) is 11.1 Å². The molecule has 2 aliphatic heterocycles. The minimum Gasteiger partial charge on any atom is -0.341 e. The molecule has 0 atom stereocenters. The van der Waals surface area contributed by atoms with Crippen molar-refractivity contribution >= 4 is 51.8 Å². The molecule has 0 saturated heterocycles. The van der Waals surface area contributed by atoms with Crippen molar-refractivity contribution in [1.29, 1.82) is 0 Å². The number of fused-ring (bicyclic) bond motifs is 7. The van der Waals surface area contributed by atoms with Gasteiger partial charge in [-0.25, -0.2) is 0 Å². The molecule has 10 rings (SSSR count). The van der Waals surface area contributed by atoms with E-state index in [1.807, 2.05) is 0 Å². The summed E-state index contributed by atoms with van der Waals surface area (Å²) in [5.74, 6) is 0. The lowest BCUT2D eigenvalue weighted by Gasteiger charge is -2.35. The van der Waals surface area contributed by atoms with Gasteiger partial charge in [0.15, 0.2) is 0 Å². The Morgan fingerprint density at radius 2 is 1.25 bits per heavy atom. The molecule has 0 amide bonds. The number of anilines is 4. The van der Waals surface area contributed by atoms with E-state index >= 15 is 0 Å². The van der Waals surface area contributed by atoms with Crippen LogP contribution >= 0.6 is 0 Å². The van der Waals surface area contributed by atoms with E-state index in [-0.39, 0.29) is 5.41 Å². The second kappa shape index (κ2) is 11.9. The Morgan fingerprint density at radius 1 is 0.608 bits per heavy atom. The van der Waals surface area contributed by atoms with E-state index in [4.69, 9.17) is 0 Å². The topological polar surface area (TPSA) is 6.48 Å². The van der Waals surface area contributed by atoms with Gasteiger partial charge in [-0.15, -0.1) is 0 Å². The van der Waals surface area contributed by atoms with Gasteiger partial charge in [0.25, 0.3) is 0 Å². The predicted octanol–water partition coefficient (Wildman–Crippen LogP) is 12.4. The van der Waals surface area contributed by atoms with Crippen LogP contribution in [0.1, 0.15) is 77.6 Å². The standard InChI is InChI=1S/C49H44N2/c1-49(2)44-31-33(24-27-40(44)41-28-25-36(32-45(41)49)50-29-11-15-34-13-3-9-21-46(34)50)23-26-39-37-17-5-7-19-42(37)48(43-20-8-6-18-38(39)43)51-30-12-16-35-14-4-10-22-47(35)51/h3-5,7-10,13-14,17,19-28,31-32H,6,11-12,15-16,18,29-30H2,1-2H3/b26-23+. The molecule has 250 valence electrons. The van der Waals surface area contributed by atoms with E-state index < -0.39 is 0 Å². The van der Waals surface area contributed by atoms with Crippen molar-refractivity contribution in [2.45, 2.75) is 57.8 Å². The van der Waals surface area contributed by atoms with E-state index in [1.165, 1.54) is 102 Å². The van der Waals surface area contributed by atoms with Crippen LogP contribution in [0.2, 0.25) is 0 Å². The summed E-state index contributed by atoms with van der Waals surface area (Å²) < 4.78 is 0. The maximum Gasteiger partial charge on any atom is 0.0567 e. The van der Waals surface area contributed by atoms with Crippen LogP contribution in [0, 0.1) is 0 Å². The minimum atomic E-state index is -0.0805. The van der Waals surface area contributed by atoms with Crippen molar-refractivity contribution in [2.75, 3.05) is 22.9 Å². The van der Waals surface area contributed by atoms with Gasteiger partial charge in [0.2, 0.25) is 0 Å². The van der Waals surface area contributed by atoms with Gasteiger partial charge in [0.05, 0.1) is 5.69 Å². The summed E-state index contributed by atoms with van der Waals surface area (Å²) in [5, 5.41) is 2.69. The summed E-state index contributed by atoms with van der Waals surface area (Å²) in [4.78, 5) is 5.14. The average molecular weight is 661 g/mol. The molecular weight excluding hydrogens is 617 g/mol. The number of benzene rings is 6. The number of allylic oxidation sites excluding steroid dienone is 1. The van der Waals surface area contributed by atoms with E-state index in [0.717, 1.165) is 38.8 Å². The SMILES string of the molecule is CC1(C)c2cc(/C=C/c3c4c(c(N5CCCc6ccccc65)c5ccccc35)C=CCC4)ccc2-c2ccc(N3CCCc4ccccc43)cc21. The monoisotopic (exact) mass is 660 g/mol. The molecule has 0 fully saturated rings. The Bertz CT molecular complexity index is 2420. The first-order valence-corrected chi connectivity index (χ1v) is 19.0. The van der Waals surface area contributed by atoms with Crippen molar-refractivity contribution < 1.29 is 0 Å². The zero-order valence-electron chi connectivity index (χ0n) is 29.8. The zero-order valence-corrected chi connectivity index (χ0v) is 29.8. The van der Waals surface area contributed by atoms with Gasteiger partial charge >= 0.3 is 0 Å². The molecule has 2 heterocycles. The molecular formula is C49H44N2. The van der Waals surface area contributed by atoms with Crippen LogP contribution in [0.15, 0.2) is 115 Å². The summed E-state index contributed by atoms with van der Waals surface area (Å²) in [6, 6.07) is 41.4. The highest BCUT2D eigenvalue weighted by Gasteiger charge is 2.36. The predicted molar refractivity (Wildman–Crippen MR) is 218 cm³/mol. The van der Waals surface area contributed by atoms with Gasteiger partial charge in [-0.1, -0.05) is 123 Å². The Hall–Kier alpha value is -5.34. The van der Waals surface area contributed by atoms with Crippen molar-refractivity contribution in [3.05, 3.63) is 160 Å². The molecule has 0 N–H and O–H groups in total. The normalized spacial score (nSPS) is 16.9. The number of para-hydroxylation sites is 2. The number of hydrogen-bond donors (Lipinski definition) is 0. The summed E-state index contributed by atoms with van der Waals surface area (Å²) in [7, 11) is 0. The molecule has 2 aliphatic carbocycles. The Balaban J connectivity index is 1.04. The first kappa shape index (κ1) is 30.5. The van der Waals surface area contributed by atoms with Gasteiger partial charge in [-0.3, -0.25) is 0 Å². The number of aryl methyl sites for hydroxylation is 2. The molecule has 0 spiro atoms. The quantitative estimate of drug-likeness (QED) is 0.174. The first-order chi connectivity index (χ1) is 25.1. The molecule has 6 aromatic carbocycles. The van der Waals surface area contributed by atoms with Crippen molar-refractivity contribution in [3.63, 3.8) is 0 Å². The van der Waals surface area contributed by atoms with Crippen molar-refractivity contribution in [1.82, 2.24) is 0 Å². The van der Waals surface area contributed by atoms with Crippen LogP contribution < -0.4 is 9.80 Å². The second-order valence-corrected chi connectivity index (χ2v) is 15.4. The molecule has 2 nitrogen and oxygen atoms in total. The van der Waals surface area contributed by atoms with Crippen LogP contribution in [0.3, 0.4) is 0 Å². The van der Waals surface area contributed by atoms with E-state index in [0.29, 0.717) is 0 Å². The molecule has 0 bridgehead atoms. The summed E-state index contributed by atoms with van der Waals surface area (Å²) >= 11 is 0. The Labute approximate surface area is 302 Å². The molecule has 4 aliphatic rings.